The summed E-state index contributed by atoms with van der Waals surface area (Å²) in [6, 6.07) is 12.4. The summed E-state index contributed by atoms with van der Waals surface area (Å²) < 4.78 is 8.32. The Bertz CT molecular complexity index is 1430. The quantitative estimate of drug-likeness (QED) is 0.146. The fourth-order valence-corrected chi connectivity index (χ4v) is 5.42. The number of hydrogen-bond acceptors (Lipinski definition) is 6. The lowest BCUT2D eigenvalue weighted by atomic mass is 9.99. The zero-order valence-corrected chi connectivity index (χ0v) is 24.1. The monoisotopic (exact) mass is 601 g/mol. The normalized spacial score (nSPS) is 11.6. The van der Waals surface area contributed by atoms with Crippen LogP contribution in [-0.4, -0.2) is 46.6 Å². The number of thiazole rings is 1. The second kappa shape index (κ2) is 11.5. The summed E-state index contributed by atoms with van der Waals surface area (Å²) in [6.07, 6.45) is 0.688. The molecule has 0 atom stereocenters. The summed E-state index contributed by atoms with van der Waals surface area (Å²) in [4.78, 5) is 28.2. The Morgan fingerprint density at radius 3 is 2.73 bits per heavy atom. The van der Waals surface area contributed by atoms with E-state index in [9.17, 15) is 9.59 Å². The molecular weight excluding hydrogens is 574 g/mol. The molecule has 9 nitrogen and oxygen atoms in total. The molecule has 2 aromatic heterocycles. The first-order valence-corrected chi connectivity index (χ1v) is 17.0. The van der Waals surface area contributed by atoms with Gasteiger partial charge in [-0.1, -0.05) is 37.8 Å². The van der Waals surface area contributed by atoms with E-state index in [-0.39, 0.29) is 12.5 Å². The Hall–Kier alpha value is -3.06. The molecule has 2 amide bonds. The van der Waals surface area contributed by atoms with Gasteiger partial charge in [-0.3, -0.25) is 4.79 Å². The molecule has 0 fully saturated rings. The van der Waals surface area contributed by atoms with Crippen LogP contribution in [0.1, 0.15) is 16.1 Å². The Morgan fingerprint density at radius 2 is 2.03 bits per heavy atom. The first-order chi connectivity index (χ1) is 17.6. The van der Waals surface area contributed by atoms with Crippen molar-refractivity contribution in [1.82, 2.24) is 20.1 Å². The van der Waals surface area contributed by atoms with Gasteiger partial charge < -0.3 is 20.5 Å². The molecule has 37 heavy (non-hydrogen) atoms. The molecule has 2 heterocycles. The van der Waals surface area contributed by atoms with Gasteiger partial charge in [-0.05, 0) is 51.3 Å². The number of anilines is 1. The number of halogens is 1. The number of amides is 2. The van der Waals surface area contributed by atoms with Gasteiger partial charge in [0.2, 0.25) is 0 Å². The smallest absolute Gasteiger partial charge is 0.404 e. The molecule has 0 spiro atoms. The van der Waals surface area contributed by atoms with E-state index in [4.69, 9.17) is 9.84 Å². The van der Waals surface area contributed by atoms with Crippen LogP contribution < -0.4 is 10.6 Å². The maximum absolute atomic E-state index is 13.0. The predicted octanol–water partition coefficient (Wildman–Crippen LogP) is 6.25. The van der Waals surface area contributed by atoms with Crippen LogP contribution in [0, 0.1) is 0 Å². The molecule has 0 saturated heterocycles. The summed E-state index contributed by atoms with van der Waals surface area (Å²) >= 11 is 4.64. The molecule has 4 aromatic rings. The van der Waals surface area contributed by atoms with Crippen LogP contribution in [0.15, 0.2) is 51.9 Å². The molecule has 0 aliphatic rings. The van der Waals surface area contributed by atoms with Gasteiger partial charge in [-0.25, -0.2) is 14.5 Å². The van der Waals surface area contributed by atoms with Crippen molar-refractivity contribution in [2.45, 2.75) is 39.0 Å². The maximum Gasteiger partial charge on any atom is 0.404 e. The van der Waals surface area contributed by atoms with Crippen molar-refractivity contribution in [3.63, 3.8) is 0 Å². The number of nitrogens with one attached hydrogen (secondary N) is 2. The largest absolute Gasteiger partial charge is 0.465 e. The number of nitrogens with zero attached hydrogens (tertiary/aromatic N) is 3. The minimum atomic E-state index is -1.20. The molecule has 194 valence electrons. The van der Waals surface area contributed by atoms with Gasteiger partial charge in [-0.15, -0.1) is 11.3 Å². The molecule has 0 aliphatic carbocycles. The molecule has 2 aromatic carbocycles. The number of rotatable bonds is 10. The Balaban J connectivity index is 1.68. The average Bonchev–Trinajstić information content (AvgIpc) is 3.45. The van der Waals surface area contributed by atoms with Gasteiger partial charge in [0.15, 0.2) is 3.92 Å². The highest BCUT2D eigenvalue weighted by atomic mass is 79.9. The number of carbonyl (C=O) groups is 2. The van der Waals surface area contributed by atoms with Crippen molar-refractivity contribution >= 4 is 63.9 Å². The zero-order chi connectivity index (χ0) is 26.6. The van der Waals surface area contributed by atoms with Crippen LogP contribution >= 0.6 is 27.3 Å². The van der Waals surface area contributed by atoms with E-state index >= 15 is 0 Å². The van der Waals surface area contributed by atoms with E-state index < -0.39 is 14.2 Å². The van der Waals surface area contributed by atoms with Gasteiger partial charge in [0, 0.05) is 37.6 Å². The second-order valence-electron chi connectivity index (χ2n) is 9.75. The standard InChI is InChI=1S/C25H28BrN5O4SSi/c1-37(2,3)8-7-35-15-31-22-11-20(29-23(32)21-14-36-24(26)30-21)19(10-18(22)13-28-31)17-6-4-5-16(9-17)12-27-25(33)34/h4-6,9-11,13-14,27H,7-8,12,15H2,1-3H3,(H,29,32)(H,33,34). The third-order valence-electron chi connectivity index (χ3n) is 5.63. The van der Waals surface area contributed by atoms with Gasteiger partial charge in [0.25, 0.3) is 5.91 Å². The van der Waals surface area contributed by atoms with E-state index in [1.165, 1.54) is 11.3 Å². The van der Waals surface area contributed by atoms with E-state index in [1.54, 1.807) is 16.3 Å². The molecule has 0 aliphatic heterocycles. The molecule has 4 rings (SSSR count). The van der Waals surface area contributed by atoms with Crippen LogP contribution in [0.2, 0.25) is 25.7 Å². The van der Waals surface area contributed by atoms with Crippen LogP contribution in [0.3, 0.4) is 0 Å². The van der Waals surface area contributed by atoms with Gasteiger partial charge >= 0.3 is 6.09 Å². The van der Waals surface area contributed by atoms with Crippen LogP contribution in [0.5, 0.6) is 0 Å². The third-order valence-corrected chi connectivity index (χ3v) is 8.70. The van der Waals surface area contributed by atoms with Crippen LogP contribution in [-0.2, 0) is 18.0 Å². The number of carboxylic acid groups (broad SMARTS) is 1. The SMILES string of the molecule is C[Si](C)(C)CCOCn1ncc2cc(-c3cccc(CNC(=O)O)c3)c(NC(=O)c3csc(Br)n3)cc21. The number of aromatic nitrogens is 3. The van der Waals surface area contributed by atoms with E-state index in [2.05, 4.69) is 56.3 Å². The molecule has 0 saturated carbocycles. The Morgan fingerprint density at radius 1 is 1.22 bits per heavy atom. The number of hydrogen-bond donors (Lipinski definition) is 3. The minimum Gasteiger partial charge on any atom is -0.465 e. The van der Waals surface area contributed by atoms with Crippen molar-refractivity contribution in [2.75, 3.05) is 11.9 Å². The van der Waals surface area contributed by atoms with E-state index in [0.29, 0.717) is 28.6 Å². The van der Waals surface area contributed by atoms with Crippen molar-refractivity contribution in [3.8, 4) is 11.1 Å². The lowest BCUT2D eigenvalue weighted by Gasteiger charge is -2.16. The lowest BCUT2D eigenvalue weighted by molar-refractivity contribution is 0.0817. The van der Waals surface area contributed by atoms with Crippen molar-refractivity contribution in [3.05, 3.63) is 63.1 Å². The fourth-order valence-electron chi connectivity index (χ4n) is 3.67. The summed E-state index contributed by atoms with van der Waals surface area (Å²) in [5, 5.41) is 21.5. The first kappa shape index (κ1) is 27.0. The van der Waals surface area contributed by atoms with Crippen molar-refractivity contribution in [2.24, 2.45) is 0 Å². The molecule has 3 N–H and O–H groups in total. The molecular formula is C25H28BrN5O4SSi. The third kappa shape index (κ3) is 7.25. The molecule has 0 unspecified atom stereocenters. The highest BCUT2D eigenvalue weighted by Gasteiger charge is 2.17. The molecule has 0 radical (unpaired) electrons. The average molecular weight is 603 g/mol. The van der Waals surface area contributed by atoms with Gasteiger partial charge in [0.1, 0.15) is 12.4 Å². The molecule has 0 bridgehead atoms. The van der Waals surface area contributed by atoms with Gasteiger partial charge in [-0.2, -0.15) is 5.10 Å². The summed E-state index contributed by atoms with van der Waals surface area (Å²) in [6.45, 7) is 8.09. The van der Waals surface area contributed by atoms with Gasteiger partial charge in [0.05, 0.1) is 17.4 Å². The number of ether oxygens (including phenoxy) is 1. The topological polar surface area (TPSA) is 118 Å². The van der Waals surface area contributed by atoms with Crippen LogP contribution in [0.4, 0.5) is 10.5 Å². The fraction of sp³-hybridized carbons (Fsp3) is 0.280. The summed E-state index contributed by atoms with van der Waals surface area (Å²) in [5.41, 5.74) is 4.15. The second-order valence-corrected chi connectivity index (χ2v) is 17.5. The Labute approximate surface area is 228 Å². The zero-order valence-electron chi connectivity index (χ0n) is 20.7. The minimum absolute atomic E-state index is 0.173. The molecule has 12 heteroatoms. The Kier molecular flexibility index (Phi) is 8.42. The summed E-state index contributed by atoms with van der Waals surface area (Å²) in [5.74, 6) is -0.330. The van der Waals surface area contributed by atoms with Crippen molar-refractivity contribution in [1.29, 1.82) is 0 Å². The van der Waals surface area contributed by atoms with E-state index in [1.807, 2.05) is 36.4 Å². The predicted molar refractivity (Wildman–Crippen MR) is 152 cm³/mol. The highest BCUT2D eigenvalue weighted by molar-refractivity contribution is 9.11. The van der Waals surface area contributed by atoms with Crippen LogP contribution in [0.25, 0.3) is 22.0 Å². The number of fused-ring (bicyclic) bond motifs is 1. The summed E-state index contributed by atoms with van der Waals surface area (Å²) in [7, 11) is -1.20. The lowest BCUT2D eigenvalue weighted by Crippen LogP contribution is -2.22. The first-order valence-electron chi connectivity index (χ1n) is 11.6. The highest BCUT2D eigenvalue weighted by Crippen LogP contribution is 2.34. The van der Waals surface area contributed by atoms with E-state index in [0.717, 1.165) is 33.6 Å². The number of carbonyl (C=O) groups excluding carboxylic acids is 1. The number of benzene rings is 2. The van der Waals surface area contributed by atoms with Crippen molar-refractivity contribution < 1.29 is 19.4 Å². The maximum atomic E-state index is 13.0.